The van der Waals surface area contributed by atoms with Crippen LogP contribution >= 0.6 is 0 Å². The van der Waals surface area contributed by atoms with Crippen molar-refractivity contribution in [1.29, 1.82) is 0 Å². The molecule has 1 unspecified atom stereocenters. The van der Waals surface area contributed by atoms with E-state index in [0.29, 0.717) is 10.5 Å². The van der Waals surface area contributed by atoms with E-state index in [1.165, 1.54) is 0 Å². The Balaban J connectivity index is 1.60. The SMILES string of the molecule is C=S1(=O)C=Cc2ccc(CC(=O)c3ccnc(-c4ccccc4)c3)cc21. The molecule has 0 spiro atoms. The fourth-order valence-corrected chi connectivity index (χ4v) is 4.44. The van der Waals surface area contributed by atoms with Crippen molar-refractivity contribution in [1.82, 2.24) is 4.98 Å². The van der Waals surface area contributed by atoms with Crippen LogP contribution in [0.15, 0.2) is 77.2 Å². The second-order valence-electron chi connectivity index (χ2n) is 6.30. The molecule has 0 N–H and O–H groups in total. The fourth-order valence-electron chi connectivity index (χ4n) is 3.04. The van der Waals surface area contributed by atoms with Crippen LogP contribution in [-0.4, -0.2) is 20.8 Å². The molecule has 0 amide bonds. The van der Waals surface area contributed by atoms with E-state index < -0.39 is 9.52 Å². The summed E-state index contributed by atoms with van der Waals surface area (Å²) in [7, 11) is -2.37. The normalized spacial score (nSPS) is 17.8. The summed E-state index contributed by atoms with van der Waals surface area (Å²) in [4.78, 5) is 17.8. The first-order chi connectivity index (χ1) is 12.5. The molecule has 1 atom stereocenters. The van der Waals surface area contributed by atoms with Gasteiger partial charge in [-0.3, -0.25) is 14.0 Å². The Morgan fingerprint density at radius 3 is 2.65 bits per heavy atom. The van der Waals surface area contributed by atoms with Gasteiger partial charge in [0.1, 0.15) is 0 Å². The zero-order chi connectivity index (χ0) is 18.1. The molecule has 128 valence electrons. The predicted octanol–water partition coefficient (Wildman–Crippen LogP) is 4.23. The summed E-state index contributed by atoms with van der Waals surface area (Å²) in [5.74, 6) is 3.79. The summed E-state index contributed by atoms with van der Waals surface area (Å²) in [6, 6.07) is 19.0. The third kappa shape index (κ3) is 3.11. The number of hydrogen-bond donors (Lipinski definition) is 0. The molecule has 3 nitrogen and oxygen atoms in total. The number of Topliss-reactive ketones (excluding diaryl/α,β-unsaturated/α-hetero) is 1. The van der Waals surface area contributed by atoms with E-state index in [-0.39, 0.29) is 12.2 Å². The first kappa shape index (κ1) is 16.5. The molecule has 26 heavy (non-hydrogen) atoms. The molecule has 0 radical (unpaired) electrons. The van der Waals surface area contributed by atoms with Gasteiger partial charge in [-0.25, -0.2) is 0 Å². The predicted molar refractivity (Wildman–Crippen MR) is 107 cm³/mol. The molecule has 4 rings (SSSR count). The van der Waals surface area contributed by atoms with Crippen molar-refractivity contribution in [2.45, 2.75) is 11.3 Å². The summed E-state index contributed by atoms with van der Waals surface area (Å²) >= 11 is 0. The Labute approximate surface area is 153 Å². The summed E-state index contributed by atoms with van der Waals surface area (Å²) < 4.78 is 12.4. The molecule has 0 saturated carbocycles. The van der Waals surface area contributed by atoms with E-state index in [1.807, 2.05) is 60.7 Å². The zero-order valence-electron chi connectivity index (χ0n) is 14.1. The van der Waals surface area contributed by atoms with Crippen LogP contribution in [0.2, 0.25) is 0 Å². The van der Waals surface area contributed by atoms with Gasteiger partial charge < -0.3 is 0 Å². The molecule has 0 bridgehead atoms. The number of fused-ring (bicyclic) bond motifs is 1. The van der Waals surface area contributed by atoms with Gasteiger partial charge in [0.2, 0.25) is 0 Å². The van der Waals surface area contributed by atoms with Crippen LogP contribution in [0, 0.1) is 0 Å². The standard InChI is InChI=1S/C22H17NO2S/c1-26(25)12-10-18-8-7-16(14-22(18)26)13-21(24)19-9-11-23-20(15-19)17-5-3-2-4-6-17/h2-12,14-15H,1,13H2. The molecule has 0 saturated heterocycles. The number of aromatic nitrogens is 1. The summed E-state index contributed by atoms with van der Waals surface area (Å²) in [5, 5.41) is 1.64. The van der Waals surface area contributed by atoms with Crippen molar-refractivity contribution in [3.63, 3.8) is 0 Å². The molecule has 2 aromatic carbocycles. The second-order valence-corrected chi connectivity index (χ2v) is 8.46. The topological polar surface area (TPSA) is 47.0 Å². The third-order valence-corrected chi connectivity index (χ3v) is 6.11. The summed E-state index contributed by atoms with van der Waals surface area (Å²) in [6.45, 7) is 0. The first-order valence-corrected chi connectivity index (χ1v) is 10.0. The molecule has 1 aliphatic heterocycles. The molecular weight excluding hydrogens is 342 g/mol. The lowest BCUT2D eigenvalue weighted by molar-refractivity contribution is 0.0993. The van der Waals surface area contributed by atoms with Crippen molar-refractivity contribution in [3.8, 4) is 11.3 Å². The number of carbonyl (C=O) groups excluding carboxylic acids is 1. The van der Waals surface area contributed by atoms with Crippen LogP contribution in [0.1, 0.15) is 21.5 Å². The van der Waals surface area contributed by atoms with Gasteiger partial charge in [0, 0.05) is 38.2 Å². The Hall–Kier alpha value is -2.98. The highest BCUT2D eigenvalue weighted by molar-refractivity contribution is 8.03. The average Bonchev–Trinajstić information content (AvgIpc) is 2.97. The Kier molecular flexibility index (Phi) is 4.05. The zero-order valence-corrected chi connectivity index (χ0v) is 14.9. The Morgan fingerprint density at radius 1 is 1.04 bits per heavy atom. The van der Waals surface area contributed by atoms with E-state index >= 15 is 0 Å². The minimum Gasteiger partial charge on any atom is -0.294 e. The molecule has 0 fully saturated rings. The summed E-state index contributed by atoms with van der Waals surface area (Å²) in [5.41, 5.74) is 4.12. The monoisotopic (exact) mass is 359 g/mol. The average molecular weight is 359 g/mol. The summed E-state index contributed by atoms with van der Waals surface area (Å²) in [6.07, 6.45) is 3.73. The number of hydrogen-bond acceptors (Lipinski definition) is 3. The fraction of sp³-hybridized carbons (Fsp3) is 0.0455. The lowest BCUT2D eigenvalue weighted by Crippen LogP contribution is -2.05. The number of rotatable bonds is 4. The van der Waals surface area contributed by atoms with Crippen LogP contribution in [0.5, 0.6) is 0 Å². The van der Waals surface area contributed by atoms with Gasteiger partial charge in [-0.15, -0.1) is 0 Å². The van der Waals surface area contributed by atoms with Crippen molar-refractivity contribution in [3.05, 3.63) is 89.0 Å². The van der Waals surface area contributed by atoms with E-state index in [0.717, 1.165) is 22.4 Å². The number of ketones is 1. The van der Waals surface area contributed by atoms with Crippen LogP contribution in [0.4, 0.5) is 0 Å². The highest BCUT2D eigenvalue weighted by Crippen LogP contribution is 2.28. The van der Waals surface area contributed by atoms with Crippen LogP contribution in [0.25, 0.3) is 17.3 Å². The molecule has 2 heterocycles. The molecule has 3 aromatic rings. The maximum absolute atomic E-state index is 12.7. The van der Waals surface area contributed by atoms with E-state index in [4.69, 9.17) is 0 Å². The highest BCUT2D eigenvalue weighted by atomic mass is 32.2. The molecular formula is C22H17NO2S. The first-order valence-electron chi connectivity index (χ1n) is 8.26. The van der Waals surface area contributed by atoms with Crippen LogP contribution in [-0.2, 0) is 15.9 Å². The van der Waals surface area contributed by atoms with Crippen molar-refractivity contribution < 1.29 is 9.00 Å². The number of pyridine rings is 1. The van der Waals surface area contributed by atoms with Gasteiger partial charge in [-0.1, -0.05) is 42.5 Å². The lowest BCUT2D eigenvalue weighted by atomic mass is 10.0. The minimum absolute atomic E-state index is 0.00560. The van der Waals surface area contributed by atoms with E-state index in [1.54, 1.807) is 17.7 Å². The smallest absolute Gasteiger partial charge is 0.167 e. The Bertz CT molecular complexity index is 1130. The lowest BCUT2D eigenvalue weighted by Gasteiger charge is -2.07. The van der Waals surface area contributed by atoms with Gasteiger partial charge >= 0.3 is 0 Å². The molecule has 1 aliphatic rings. The quantitative estimate of drug-likeness (QED) is 0.517. The number of benzene rings is 2. The van der Waals surface area contributed by atoms with Gasteiger partial charge in [0.25, 0.3) is 0 Å². The van der Waals surface area contributed by atoms with Crippen molar-refractivity contribution >= 4 is 27.3 Å². The number of carbonyl (C=O) groups is 1. The van der Waals surface area contributed by atoms with Gasteiger partial charge in [0.05, 0.1) is 5.69 Å². The maximum Gasteiger partial charge on any atom is 0.167 e. The van der Waals surface area contributed by atoms with E-state index in [2.05, 4.69) is 10.9 Å². The van der Waals surface area contributed by atoms with Crippen molar-refractivity contribution in [2.75, 3.05) is 0 Å². The Morgan fingerprint density at radius 2 is 1.85 bits per heavy atom. The van der Waals surface area contributed by atoms with Crippen molar-refractivity contribution in [2.24, 2.45) is 0 Å². The third-order valence-electron chi connectivity index (χ3n) is 4.43. The molecule has 1 aromatic heterocycles. The van der Waals surface area contributed by atoms with Gasteiger partial charge in [0.15, 0.2) is 5.78 Å². The minimum atomic E-state index is -2.37. The number of nitrogens with zero attached hydrogens (tertiary/aromatic N) is 1. The van der Waals surface area contributed by atoms with Crippen LogP contribution in [0.3, 0.4) is 0 Å². The molecule has 4 heteroatoms. The van der Waals surface area contributed by atoms with Gasteiger partial charge in [-0.2, -0.15) is 0 Å². The second kappa shape index (κ2) is 6.39. The maximum atomic E-state index is 12.7. The molecule has 0 aliphatic carbocycles. The van der Waals surface area contributed by atoms with Crippen LogP contribution < -0.4 is 0 Å². The van der Waals surface area contributed by atoms with Gasteiger partial charge in [-0.05, 0) is 46.7 Å². The largest absolute Gasteiger partial charge is 0.294 e. The highest BCUT2D eigenvalue weighted by Gasteiger charge is 2.17. The van der Waals surface area contributed by atoms with E-state index in [9.17, 15) is 9.00 Å².